The third kappa shape index (κ3) is 3.55. The van der Waals surface area contributed by atoms with Crippen LogP contribution in [0.4, 0.5) is 4.79 Å². The molecule has 122 valence electrons. The molecule has 1 N–H and O–H groups in total. The predicted molar refractivity (Wildman–Crippen MR) is 90.2 cm³/mol. The van der Waals surface area contributed by atoms with E-state index in [0.717, 1.165) is 25.8 Å². The van der Waals surface area contributed by atoms with Crippen molar-refractivity contribution in [3.63, 3.8) is 0 Å². The minimum Gasteiger partial charge on any atom is -0.335 e. The Morgan fingerprint density at radius 2 is 2.09 bits per heavy atom. The number of fused-ring (bicyclic) bond motifs is 1. The Kier molecular flexibility index (Phi) is 4.65. The van der Waals surface area contributed by atoms with E-state index >= 15 is 0 Å². The van der Waals surface area contributed by atoms with Crippen LogP contribution in [0.1, 0.15) is 24.5 Å². The number of amides is 2. The zero-order valence-corrected chi connectivity index (χ0v) is 13.8. The van der Waals surface area contributed by atoms with E-state index in [1.165, 1.54) is 11.1 Å². The molecule has 1 aromatic carbocycles. The first kappa shape index (κ1) is 15.6. The molecule has 0 saturated carbocycles. The lowest BCUT2D eigenvalue weighted by molar-refractivity contribution is 0.186. The maximum absolute atomic E-state index is 12.6. The van der Waals surface area contributed by atoms with Gasteiger partial charge in [0.05, 0.1) is 6.33 Å². The highest BCUT2D eigenvalue weighted by atomic mass is 16.2. The van der Waals surface area contributed by atoms with Crippen LogP contribution in [0.3, 0.4) is 0 Å². The Morgan fingerprint density at radius 3 is 2.65 bits per heavy atom. The van der Waals surface area contributed by atoms with Gasteiger partial charge in [0, 0.05) is 38.1 Å². The van der Waals surface area contributed by atoms with Crippen LogP contribution in [-0.2, 0) is 19.4 Å². The number of benzene rings is 1. The molecule has 1 aliphatic carbocycles. The van der Waals surface area contributed by atoms with Crippen LogP contribution in [0.5, 0.6) is 0 Å². The van der Waals surface area contributed by atoms with E-state index in [1.54, 1.807) is 12.5 Å². The fourth-order valence-electron chi connectivity index (χ4n) is 3.18. The van der Waals surface area contributed by atoms with Gasteiger partial charge < -0.3 is 14.8 Å². The molecule has 1 aromatic heterocycles. The molecule has 23 heavy (non-hydrogen) atoms. The molecule has 0 radical (unpaired) electrons. The molecule has 0 aliphatic heterocycles. The number of urea groups is 1. The van der Waals surface area contributed by atoms with E-state index in [9.17, 15) is 4.79 Å². The Balaban J connectivity index is 1.57. The second-order valence-electron chi connectivity index (χ2n) is 6.26. The molecular weight excluding hydrogens is 288 g/mol. The topological polar surface area (TPSA) is 50.2 Å². The highest BCUT2D eigenvalue weighted by Crippen LogP contribution is 2.24. The van der Waals surface area contributed by atoms with Crippen molar-refractivity contribution in [1.82, 2.24) is 19.8 Å². The smallest absolute Gasteiger partial charge is 0.317 e. The van der Waals surface area contributed by atoms with Gasteiger partial charge in [0.2, 0.25) is 0 Å². The Labute approximate surface area is 137 Å². The minimum absolute atomic E-state index is 0.00905. The van der Waals surface area contributed by atoms with Gasteiger partial charge in [0.15, 0.2) is 0 Å². The number of imidazole rings is 1. The highest BCUT2D eigenvalue weighted by Gasteiger charge is 2.27. The molecule has 0 bridgehead atoms. The summed E-state index contributed by atoms with van der Waals surface area (Å²) in [4.78, 5) is 18.5. The average molecular weight is 312 g/mol. The summed E-state index contributed by atoms with van der Waals surface area (Å²) in [7, 11) is 1.90. The summed E-state index contributed by atoms with van der Waals surface area (Å²) in [5, 5.41) is 3.15. The fraction of sp³-hybridized carbons (Fsp3) is 0.444. The van der Waals surface area contributed by atoms with Crippen molar-refractivity contribution in [2.24, 2.45) is 0 Å². The first-order valence-electron chi connectivity index (χ1n) is 8.23. The molecule has 0 unspecified atom stereocenters. The number of nitrogens with zero attached hydrogens (tertiary/aromatic N) is 3. The van der Waals surface area contributed by atoms with Gasteiger partial charge in [-0.15, -0.1) is 0 Å². The molecule has 0 saturated heterocycles. The number of rotatable bonds is 5. The second kappa shape index (κ2) is 6.86. The van der Waals surface area contributed by atoms with Gasteiger partial charge in [0.25, 0.3) is 0 Å². The zero-order chi connectivity index (χ0) is 16.2. The maximum atomic E-state index is 12.6. The SMILES string of the molecule is CC[C@@H](Cn1ccnc1)NC(=O)N(C)C1Cc2ccccc2C1. The van der Waals surface area contributed by atoms with Crippen molar-refractivity contribution >= 4 is 6.03 Å². The van der Waals surface area contributed by atoms with Crippen LogP contribution in [0.2, 0.25) is 0 Å². The van der Waals surface area contributed by atoms with E-state index < -0.39 is 0 Å². The monoisotopic (exact) mass is 312 g/mol. The van der Waals surface area contributed by atoms with E-state index in [-0.39, 0.29) is 18.1 Å². The predicted octanol–water partition coefficient (Wildman–Crippen LogP) is 2.47. The van der Waals surface area contributed by atoms with Gasteiger partial charge in [-0.2, -0.15) is 0 Å². The number of nitrogens with one attached hydrogen (secondary N) is 1. The van der Waals surface area contributed by atoms with Crippen molar-refractivity contribution in [2.75, 3.05) is 7.05 Å². The van der Waals surface area contributed by atoms with Crippen LogP contribution >= 0.6 is 0 Å². The lowest BCUT2D eigenvalue weighted by Gasteiger charge is -2.27. The first-order valence-corrected chi connectivity index (χ1v) is 8.23. The Morgan fingerprint density at radius 1 is 1.39 bits per heavy atom. The summed E-state index contributed by atoms with van der Waals surface area (Å²) in [5.74, 6) is 0. The lowest BCUT2D eigenvalue weighted by atomic mass is 10.1. The van der Waals surface area contributed by atoms with Crippen molar-refractivity contribution in [3.05, 3.63) is 54.1 Å². The fourth-order valence-corrected chi connectivity index (χ4v) is 3.18. The van der Waals surface area contributed by atoms with Crippen molar-refractivity contribution in [2.45, 2.75) is 44.8 Å². The van der Waals surface area contributed by atoms with Gasteiger partial charge in [-0.05, 0) is 30.4 Å². The summed E-state index contributed by atoms with van der Waals surface area (Å²) >= 11 is 0. The number of carbonyl (C=O) groups is 1. The molecule has 1 aliphatic rings. The van der Waals surface area contributed by atoms with E-state index in [0.29, 0.717) is 0 Å². The molecule has 2 amide bonds. The van der Waals surface area contributed by atoms with Crippen LogP contribution in [0.25, 0.3) is 0 Å². The Bertz CT molecular complexity index is 628. The molecule has 5 nitrogen and oxygen atoms in total. The summed E-state index contributed by atoms with van der Waals surface area (Å²) in [5.41, 5.74) is 2.73. The molecule has 1 heterocycles. The molecule has 0 spiro atoms. The van der Waals surface area contributed by atoms with Crippen molar-refractivity contribution in [3.8, 4) is 0 Å². The van der Waals surface area contributed by atoms with Crippen molar-refractivity contribution < 1.29 is 4.79 Å². The van der Waals surface area contributed by atoms with Gasteiger partial charge in [0.1, 0.15) is 0 Å². The normalized spacial score (nSPS) is 15.2. The van der Waals surface area contributed by atoms with Crippen LogP contribution in [-0.4, -0.2) is 39.6 Å². The number of aromatic nitrogens is 2. The average Bonchev–Trinajstić information content (AvgIpc) is 3.22. The largest absolute Gasteiger partial charge is 0.335 e. The number of hydrogen-bond donors (Lipinski definition) is 1. The second-order valence-corrected chi connectivity index (χ2v) is 6.26. The summed E-state index contributed by atoms with van der Waals surface area (Å²) in [6.07, 6.45) is 8.24. The van der Waals surface area contributed by atoms with E-state index in [2.05, 4.69) is 41.5 Å². The van der Waals surface area contributed by atoms with Gasteiger partial charge in [-0.25, -0.2) is 9.78 Å². The zero-order valence-electron chi connectivity index (χ0n) is 13.8. The molecular formula is C18H24N4O. The summed E-state index contributed by atoms with van der Waals surface area (Å²) in [6, 6.07) is 8.83. The van der Waals surface area contributed by atoms with Crippen molar-refractivity contribution in [1.29, 1.82) is 0 Å². The third-order valence-electron chi connectivity index (χ3n) is 4.71. The first-order chi connectivity index (χ1) is 11.2. The Hall–Kier alpha value is -2.30. The quantitative estimate of drug-likeness (QED) is 0.922. The number of carbonyl (C=O) groups excluding carboxylic acids is 1. The minimum atomic E-state index is 0.00905. The van der Waals surface area contributed by atoms with Gasteiger partial charge in [-0.3, -0.25) is 0 Å². The summed E-state index contributed by atoms with van der Waals surface area (Å²) < 4.78 is 2.00. The molecule has 2 aromatic rings. The van der Waals surface area contributed by atoms with Gasteiger partial charge in [-0.1, -0.05) is 31.2 Å². The lowest BCUT2D eigenvalue weighted by Crippen LogP contribution is -2.48. The highest BCUT2D eigenvalue weighted by molar-refractivity contribution is 5.74. The van der Waals surface area contributed by atoms with Crippen LogP contribution < -0.4 is 5.32 Å². The molecule has 1 atom stereocenters. The summed E-state index contributed by atoms with van der Waals surface area (Å²) in [6.45, 7) is 2.84. The standard InChI is InChI=1S/C18H24N4O/c1-3-16(12-22-9-8-19-13-22)20-18(23)21(2)17-10-14-6-4-5-7-15(14)11-17/h4-9,13,16-17H,3,10-12H2,1-2H3,(H,20,23)/t16-/m0/s1. The molecule has 5 heteroatoms. The van der Waals surface area contributed by atoms with Crippen LogP contribution in [0, 0.1) is 0 Å². The number of hydrogen-bond acceptors (Lipinski definition) is 2. The van der Waals surface area contributed by atoms with E-state index in [1.807, 2.05) is 22.7 Å². The maximum Gasteiger partial charge on any atom is 0.317 e. The molecule has 0 fully saturated rings. The van der Waals surface area contributed by atoms with E-state index in [4.69, 9.17) is 0 Å². The third-order valence-corrected chi connectivity index (χ3v) is 4.71. The number of likely N-dealkylation sites (N-methyl/N-ethyl adjacent to an activating group) is 1. The van der Waals surface area contributed by atoms with Crippen LogP contribution in [0.15, 0.2) is 43.0 Å². The van der Waals surface area contributed by atoms with Gasteiger partial charge >= 0.3 is 6.03 Å². The molecule has 3 rings (SSSR count).